The predicted molar refractivity (Wildman–Crippen MR) is 74.0 cm³/mol. The van der Waals surface area contributed by atoms with Crippen LogP contribution in [0.4, 0.5) is 5.69 Å². The Balaban J connectivity index is 2.20. The van der Waals surface area contributed by atoms with E-state index in [4.69, 9.17) is 4.74 Å². The quantitative estimate of drug-likeness (QED) is 0.845. The van der Waals surface area contributed by atoms with Gasteiger partial charge in [-0.1, -0.05) is 12.1 Å². The Kier molecular flexibility index (Phi) is 4.80. The van der Waals surface area contributed by atoms with Crippen molar-refractivity contribution in [1.82, 2.24) is 0 Å². The van der Waals surface area contributed by atoms with E-state index in [1.807, 2.05) is 31.2 Å². The number of nitrogens with zero attached hydrogens (tertiary/aromatic N) is 1. The summed E-state index contributed by atoms with van der Waals surface area (Å²) in [7, 11) is 0. The maximum Gasteiger partial charge on any atom is 0.328 e. The lowest BCUT2D eigenvalue weighted by molar-refractivity contribution is -0.145. The van der Waals surface area contributed by atoms with Crippen LogP contribution >= 0.6 is 0 Å². The fourth-order valence-corrected chi connectivity index (χ4v) is 2.56. The monoisotopic (exact) mass is 263 g/mol. The van der Waals surface area contributed by atoms with E-state index in [-0.39, 0.29) is 18.6 Å². The molecule has 4 nitrogen and oxygen atoms in total. The molecule has 2 rings (SSSR count). The number of aliphatic hydroxyl groups is 1. The Labute approximate surface area is 114 Å². The van der Waals surface area contributed by atoms with Gasteiger partial charge in [0, 0.05) is 12.2 Å². The van der Waals surface area contributed by atoms with Gasteiger partial charge in [-0.15, -0.1) is 0 Å². The van der Waals surface area contributed by atoms with Crippen LogP contribution in [-0.4, -0.2) is 30.3 Å². The van der Waals surface area contributed by atoms with Crippen molar-refractivity contribution in [2.24, 2.45) is 0 Å². The van der Waals surface area contributed by atoms with E-state index in [9.17, 15) is 9.90 Å². The van der Waals surface area contributed by atoms with Gasteiger partial charge in [-0.2, -0.15) is 0 Å². The van der Waals surface area contributed by atoms with Crippen molar-refractivity contribution in [3.8, 4) is 0 Å². The molecule has 0 aliphatic carbocycles. The summed E-state index contributed by atoms with van der Waals surface area (Å²) in [5.74, 6) is -0.142. The summed E-state index contributed by atoms with van der Waals surface area (Å²) in [6.07, 6.45) is 2.97. The highest BCUT2D eigenvalue weighted by atomic mass is 16.5. The summed E-state index contributed by atoms with van der Waals surface area (Å²) < 4.78 is 5.16. The van der Waals surface area contributed by atoms with Crippen LogP contribution in [0, 0.1) is 0 Å². The smallest absolute Gasteiger partial charge is 0.328 e. The van der Waals surface area contributed by atoms with Gasteiger partial charge in [0.15, 0.2) is 0 Å². The zero-order valence-corrected chi connectivity index (χ0v) is 11.3. The average molecular weight is 263 g/mol. The number of hydrogen-bond donors (Lipinski definition) is 1. The summed E-state index contributed by atoms with van der Waals surface area (Å²) in [6.45, 7) is 3.13. The fraction of sp³-hybridized carbons (Fsp3) is 0.533. The maximum absolute atomic E-state index is 12.0. The molecule has 0 aromatic heterocycles. The van der Waals surface area contributed by atoms with Crippen molar-refractivity contribution >= 4 is 11.7 Å². The summed E-state index contributed by atoms with van der Waals surface area (Å²) >= 11 is 0. The number of aliphatic hydroxyl groups excluding tert-OH is 1. The van der Waals surface area contributed by atoms with E-state index in [1.165, 1.54) is 0 Å². The molecule has 1 saturated heterocycles. The second-order valence-corrected chi connectivity index (χ2v) is 4.79. The number of esters is 1. The zero-order chi connectivity index (χ0) is 13.7. The molecule has 4 heteroatoms. The number of carbonyl (C=O) groups excluding carboxylic acids is 1. The molecule has 1 heterocycles. The van der Waals surface area contributed by atoms with Crippen LogP contribution in [-0.2, 0) is 16.1 Å². The molecule has 1 N–H and O–H groups in total. The normalized spacial score (nSPS) is 19.3. The molecule has 1 aromatic carbocycles. The van der Waals surface area contributed by atoms with Crippen molar-refractivity contribution in [3.63, 3.8) is 0 Å². The Morgan fingerprint density at radius 2 is 2.32 bits per heavy atom. The van der Waals surface area contributed by atoms with Crippen molar-refractivity contribution in [2.45, 2.75) is 38.8 Å². The minimum absolute atomic E-state index is 0.0196. The molecule has 1 aromatic rings. The molecule has 104 valence electrons. The van der Waals surface area contributed by atoms with E-state index in [2.05, 4.69) is 4.90 Å². The Morgan fingerprint density at radius 1 is 1.47 bits per heavy atom. The molecule has 0 spiro atoms. The number of ether oxygens (including phenoxy) is 1. The minimum atomic E-state index is -0.192. The largest absolute Gasteiger partial charge is 0.464 e. The number of hydrogen-bond acceptors (Lipinski definition) is 4. The van der Waals surface area contributed by atoms with E-state index < -0.39 is 0 Å². The first-order valence-electron chi connectivity index (χ1n) is 6.89. The summed E-state index contributed by atoms with van der Waals surface area (Å²) in [4.78, 5) is 14.1. The van der Waals surface area contributed by atoms with Gasteiger partial charge in [0.25, 0.3) is 0 Å². The van der Waals surface area contributed by atoms with Gasteiger partial charge in [0.05, 0.1) is 13.2 Å². The third kappa shape index (κ3) is 3.26. The molecule has 0 unspecified atom stereocenters. The van der Waals surface area contributed by atoms with Crippen LogP contribution in [0.25, 0.3) is 0 Å². The molecule has 1 fully saturated rings. The van der Waals surface area contributed by atoms with Crippen LogP contribution in [0.3, 0.4) is 0 Å². The lowest BCUT2D eigenvalue weighted by Gasteiger charge is -2.36. The van der Waals surface area contributed by atoms with E-state index in [1.54, 1.807) is 0 Å². The summed E-state index contributed by atoms with van der Waals surface area (Å²) in [5, 5.41) is 9.21. The number of anilines is 1. The molecule has 19 heavy (non-hydrogen) atoms. The van der Waals surface area contributed by atoms with Crippen LogP contribution in [0.15, 0.2) is 24.3 Å². The third-order valence-electron chi connectivity index (χ3n) is 3.49. The van der Waals surface area contributed by atoms with Crippen LogP contribution in [0.5, 0.6) is 0 Å². The van der Waals surface area contributed by atoms with Crippen molar-refractivity contribution in [3.05, 3.63) is 29.8 Å². The van der Waals surface area contributed by atoms with E-state index in [0.717, 1.165) is 37.1 Å². The van der Waals surface area contributed by atoms with Gasteiger partial charge in [-0.3, -0.25) is 0 Å². The van der Waals surface area contributed by atoms with Gasteiger partial charge in [-0.05, 0) is 43.9 Å². The van der Waals surface area contributed by atoms with Crippen molar-refractivity contribution < 1.29 is 14.6 Å². The summed E-state index contributed by atoms with van der Waals surface area (Å²) in [5.41, 5.74) is 1.86. The Hall–Kier alpha value is -1.55. The van der Waals surface area contributed by atoms with Gasteiger partial charge in [0.2, 0.25) is 0 Å². The molecule has 0 bridgehead atoms. The predicted octanol–water partition coefficient (Wildman–Crippen LogP) is 2.10. The molecule has 1 atom stereocenters. The Bertz CT molecular complexity index is 433. The lowest BCUT2D eigenvalue weighted by Crippen LogP contribution is -2.45. The fourth-order valence-electron chi connectivity index (χ4n) is 2.56. The topological polar surface area (TPSA) is 49.8 Å². The van der Waals surface area contributed by atoms with Gasteiger partial charge in [0.1, 0.15) is 6.04 Å². The first-order chi connectivity index (χ1) is 9.26. The van der Waals surface area contributed by atoms with Gasteiger partial charge in [-0.25, -0.2) is 4.79 Å². The average Bonchev–Trinajstić information content (AvgIpc) is 2.47. The molecule has 0 amide bonds. The highest BCUT2D eigenvalue weighted by Crippen LogP contribution is 2.26. The molecule has 0 radical (unpaired) electrons. The SMILES string of the molecule is CCOC(=O)[C@@H]1CCCCN1c1cccc(CO)c1. The second-order valence-electron chi connectivity index (χ2n) is 4.79. The molecule has 1 aliphatic heterocycles. The number of piperidine rings is 1. The highest BCUT2D eigenvalue weighted by molar-refractivity contribution is 5.80. The number of benzene rings is 1. The maximum atomic E-state index is 12.0. The third-order valence-corrected chi connectivity index (χ3v) is 3.49. The molecule has 1 aliphatic rings. The number of carbonyl (C=O) groups is 1. The molecule has 0 saturated carbocycles. The molecular weight excluding hydrogens is 242 g/mol. The van der Waals surface area contributed by atoms with Crippen molar-refractivity contribution in [1.29, 1.82) is 0 Å². The van der Waals surface area contributed by atoms with E-state index in [0.29, 0.717) is 6.61 Å². The number of rotatable bonds is 4. The van der Waals surface area contributed by atoms with Crippen LogP contribution in [0.1, 0.15) is 31.7 Å². The lowest BCUT2D eigenvalue weighted by atomic mass is 10.0. The first-order valence-corrected chi connectivity index (χ1v) is 6.89. The minimum Gasteiger partial charge on any atom is -0.464 e. The van der Waals surface area contributed by atoms with Gasteiger partial charge < -0.3 is 14.7 Å². The van der Waals surface area contributed by atoms with E-state index >= 15 is 0 Å². The van der Waals surface area contributed by atoms with Crippen LogP contribution in [0.2, 0.25) is 0 Å². The van der Waals surface area contributed by atoms with Gasteiger partial charge >= 0.3 is 5.97 Å². The second kappa shape index (κ2) is 6.57. The standard InChI is InChI=1S/C15H21NO3/c1-2-19-15(18)14-8-3-4-9-16(14)13-7-5-6-12(10-13)11-17/h5-7,10,14,17H,2-4,8-9,11H2,1H3/t14-/m0/s1. The van der Waals surface area contributed by atoms with Crippen LogP contribution < -0.4 is 4.90 Å². The molecular formula is C15H21NO3. The highest BCUT2D eigenvalue weighted by Gasteiger charge is 2.29. The Morgan fingerprint density at radius 3 is 3.05 bits per heavy atom. The first kappa shape index (κ1) is 13.9. The zero-order valence-electron chi connectivity index (χ0n) is 11.3. The summed E-state index contributed by atoms with van der Waals surface area (Å²) in [6, 6.07) is 7.53. The van der Waals surface area contributed by atoms with Crippen molar-refractivity contribution in [2.75, 3.05) is 18.1 Å².